The van der Waals surface area contributed by atoms with Gasteiger partial charge in [-0.05, 0) is 0 Å². The summed E-state index contributed by atoms with van der Waals surface area (Å²) < 4.78 is 1.23. The van der Waals surface area contributed by atoms with E-state index in [0.29, 0.717) is 17.4 Å². The number of aromatic nitrogens is 4. The number of nitrogen functional groups attached to an aromatic ring is 3. The number of nitrogens with zero attached hydrogens (tertiary/aromatic N) is 4. The van der Waals surface area contributed by atoms with Crippen molar-refractivity contribution in [3.8, 4) is 0 Å². The summed E-state index contributed by atoms with van der Waals surface area (Å²) in [5.41, 5.74) is 11.7. The first-order valence-electron chi connectivity index (χ1n) is 3.81. The Morgan fingerprint density at radius 2 is 2.14 bits per heavy atom. The minimum atomic E-state index is 0.184. The second-order valence-electron chi connectivity index (χ2n) is 2.70. The largest absolute Gasteiger partial charge is 0.375 e. The van der Waals surface area contributed by atoms with Gasteiger partial charge in [0, 0.05) is 5.38 Å². The molecule has 0 amide bonds. The lowest BCUT2D eigenvalue weighted by Crippen LogP contribution is -2.15. The van der Waals surface area contributed by atoms with E-state index in [0.717, 1.165) is 5.69 Å². The van der Waals surface area contributed by atoms with Crippen LogP contribution < -0.4 is 17.3 Å². The van der Waals surface area contributed by atoms with Crippen molar-refractivity contribution in [2.75, 3.05) is 17.3 Å². The highest BCUT2D eigenvalue weighted by Gasteiger charge is 2.08. The summed E-state index contributed by atoms with van der Waals surface area (Å²) in [4.78, 5) is 4.08. The Labute approximate surface area is 83.5 Å². The van der Waals surface area contributed by atoms with Crippen LogP contribution in [-0.4, -0.2) is 19.9 Å². The predicted octanol–water partition coefficient (Wildman–Crippen LogP) is -0.796. The molecule has 0 spiro atoms. The number of thiazole rings is 1. The molecule has 0 fully saturated rings. The fraction of sp³-hybridized carbons (Fsp3) is 0.167. The molecular formula is C6H9N7S. The van der Waals surface area contributed by atoms with Crippen molar-refractivity contribution in [2.24, 2.45) is 0 Å². The minimum Gasteiger partial charge on any atom is -0.375 e. The molecule has 0 aliphatic carbocycles. The third kappa shape index (κ3) is 1.46. The molecule has 0 aliphatic heterocycles. The van der Waals surface area contributed by atoms with Crippen LogP contribution in [0.1, 0.15) is 11.5 Å². The van der Waals surface area contributed by atoms with Gasteiger partial charge in [-0.1, -0.05) is 0 Å². The molecule has 0 radical (unpaired) electrons. The van der Waals surface area contributed by atoms with Crippen LogP contribution in [-0.2, 0) is 6.42 Å². The Bertz CT molecular complexity index is 445. The van der Waals surface area contributed by atoms with Crippen LogP contribution in [0.15, 0.2) is 5.38 Å². The highest BCUT2D eigenvalue weighted by Crippen LogP contribution is 2.13. The van der Waals surface area contributed by atoms with E-state index in [2.05, 4.69) is 15.2 Å². The normalized spacial score (nSPS) is 10.6. The lowest BCUT2D eigenvalue weighted by Gasteiger charge is -1.97. The summed E-state index contributed by atoms with van der Waals surface area (Å²) >= 11 is 1.37. The van der Waals surface area contributed by atoms with Crippen molar-refractivity contribution >= 4 is 22.4 Å². The predicted molar refractivity (Wildman–Crippen MR) is 53.9 cm³/mol. The smallest absolute Gasteiger partial charge is 0.240 e. The van der Waals surface area contributed by atoms with Gasteiger partial charge in [0.1, 0.15) is 0 Å². The summed E-state index contributed by atoms with van der Waals surface area (Å²) in [7, 11) is 0. The summed E-state index contributed by atoms with van der Waals surface area (Å²) in [5.74, 6) is 6.31. The fourth-order valence-corrected chi connectivity index (χ4v) is 1.59. The maximum Gasteiger partial charge on any atom is 0.240 e. The Morgan fingerprint density at radius 3 is 2.64 bits per heavy atom. The Hall–Kier alpha value is -1.83. The molecule has 6 N–H and O–H groups in total. The van der Waals surface area contributed by atoms with E-state index in [1.54, 1.807) is 0 Å². The molecule has 2 heterocycles. The van der Waals surface area contributed by atoms with E-state index >= 15 is 0 Å². The molecule has 0 aliphatic rings. The molecule has 74 valence electrons. The molecular weight excluding hydrogens is 202 g/mol. The highest BCUT2D eigenvalue weighted by atomic mass is 32.1. The topological polar surface area (TPSA) is 122 Å². The first kappa shape index (κ1) is 8.75. The van der Waals surface area contributed by atoms with Crippen LogP contribution in [0.2, 0.25) is 0 Å². The first-order chi connectivity index (χ1) is 6.66. The number of hydrogen-bond donors (Lipinski definition) is 3. The van der Waals surface area contributed by atoms with E-state index in [-0.39, 0.29) is 5.95 Å². The molecule has 8 heteroatoms. The van der Waals surface area contributed by atoms with Crippen molar-refractivity contribution in [2.45, 2.75) is 6.42 Å². The Balaban J connectivity index is 2.22. The zero-order valence-corrected chi connectivity index (χ0v) is 8.03. The Kier molecular flexibility index (Phi) is 1.97. The molecule has 0 saturated carbocycles. The standard InChI is InChI=1S/C6H9N7S/c7-5-12-11-4(13(5)9)1-3-2-14-6(8)10-3/h2H,1,9H2,(H2,7,12)(H2,8,10). The van der Waals surface area contributed by atoms with E-state index in [1.807, 2.05) is 5.38 Å². The first-order valence-corrected chi connectivity index (χ1v) is 4.69. The maximum absolute atomic E-state index is 5.57. The third-order valence-corrected chi connectivity index (χ3v) is 2.42. The minimum absolute atomic E-state index is 0.184. The molecule has 2 aromatic rings. The lowest BCUT2D eigenvalue weighted by atomic mass is 10.3. The van der Waals surface area contributed by atoms with Crippen LogP contribution in [0.5, 0.6) is 0 Å². The summed E-state index contributed by atoms with van der Waals surface area (Å²) in [6.07, 6.45) is 0.481. The van der Waals surface area contributed by atoms with Crippen LogP contribution >= 0.6 is 11.3 Å². The lowest BCUT2D eigenvalue weighted by molar-refractivity contribution is 0.866. The number of rotatable bonds is 2. The van der Waals surface area contributed by atoms with Gasteiger partial charge in [0.2, 0.25) is 5.95 Å². The molecule has 14 heavy (non-hydrogen) atoms. The fourth-order valence-electron chi connectivity index (χ4n) is 1.02. The van der Waals surface area contributed by atoms with Crippen LogP contribution in [0.25, 0.3) is 0 Å². The number of anilines is 2. The summed E-state index contributed by atoms with van der Waals surface area (Å²) in [5, 5.41) is 9.81. The van der Waals surface area contributed by atoms with E-state index in [9.17, 15) is 0 Å². The van der Waals surface area contributed by atoms with Gasteiger partial charge in [0.15, 0.2) is 11.0 Å². The average Bonchev–Trinajstić information content (AvgIpc) is 2.67. The molecule has 0 aromatic carbocycles. The second kappa shape index (κ2) is 3.14. The molecule has 2 rings (SSSR count). The van der Waals surface area contributed by atoms with Crippen molar-refractivity contribution in [1.82, 2.24) is 19.9 Å². The highest BCUT2D eigenvalue weighted by molar-refractivity contribution is 7.13. The van der Waals surface area contributed by atoms with Gasteiger partial charge in [-0.25, -0.2) is 9.66 Å². The molecule has 0 saturated heterocycles. The molecule has 0 atom stereocenters. The summed E-state index contributed by atoms with van der Waals surface area (Å²) in [6.45, 7) is 0. The van der Waals surface area contributed by atoms with Gasteiger partial charge in [-0.15, -0.1) is 21.5 Å². The van der Waals surface area contributed by atoms with Crippen molar-refractivity contribution in [3.63, 3.8) is 0 Å². The SMILES string of the molecule is Nc1nc(Cc2nnc(N)n2N)cs1. The van der Waals surface area contributed by atoms with Gasteiger partial charge in [0.25, 0.3) is 0 Å². The van der Waals surface area contributed by atoms with E-state index < -0.39 is 0 Å². The molecule has 0 bridgehead atoms. The second-order valence-corrected chi connectivity index (χ2v) is 3.59. The molecule has 7 nitrogen and oxygen atoms in total. The van der Waals surface area contributed by atoms with Crippen molar-refractivity contribution in [3.05, 3.63) is 16.9 Å². The zero-order valence-electron chi connectivity index (χ0n) is 7.21. The Morgan fingerprint density at radius 1 is 1.36 bits per heavy atom. The zero-order chi connectivity index (χ0) is 10.1. The van der Waals surface area contributed by atoms with Gasteiger partial charge >= 0.3 is 0 Å². The van der Waals surface area contributed by atoms with Crippen molar-refractivity contribution in [1.29, 1.82) is 0 Å². The number of hydrogen-bond acceptors (Lipinski definition) is 7. The van der Waals surface area contributed by atoms with E-state index in [1.165, 1.54) is 16.0 Å². The molecule has 0 unspecified atom stereocenters. The van der Waals surface area contributed by atoms with Gasteiger partial charge in [-0.3, -0.25) is 0 Å². The average molecular weight is 211 g/mol. The van der Waals surface area contributed by atoms with Crippen molar-refractivity contribution < 1.29 is 0 Å². The van der Waals surface area contributed by atoms with Gasteiger partial charge in [0.05, 0.1) is 12.1 Å². The monoisotopic (exact) mass is 211 g/mol. The van der Waals surface area contributed by atoms with Crippen LogP contribution in [0.4, 0.5) is 11.1 Å². The van der Waals surface area contributed by atoms with E-state index in [4.69, 9.17) is 17.3 Å². The number of nitrogens with two attached hydrogens (primary N) is 3. The summed E-state index contributed by atoms with van der Waals surface area (Å²) in [6, 6.07) is 0. The van der Waals surface area contributed by atoms with Crippen LogP contribution in [0, 0.1) is 0 Å². The third-order valence-electron chi connectivity index (χ3n) is 1.70. The van der Waals surface area contributed by atoms with Crippen LogP contribution in [0.3, 0.4) is 0 Å². The van der Waals surface area contributed by atoms with Gasteiger partial charge in [-0.2, -0.15) is 0 Å². The van der Waals surface area contributed by atoms with Gasteiger partial charge < -0.3 is 17.3 Å². The molecule has 2 aromatic heterocycles. The quantitative estimate of drug-likeness (QED) is 0.559. The maximum atomic E-state index is 5.57.